The number of benzene rings is 2. The van der Waals surface area contributed by atoms with E-state index in [9.17, 15) is 9.59 Å². The molecule has 0 radical (unpaired) electrons. The van der Waals surface area contributed by atoms with Gasteiger partial charge in [0.15, 0.2) is 0 Å². The predicted octanol–water partition coefficient (Wildman–Crippen LogP) is 2.84. The Balaban J connectivity index is 2.21. The lowest BCUT2D eigenvalue weighted by molar-refractivity contribution is 0.0602. The number of pyridine rings is 1. The van der Waals surface area contributed by atoms with E-state index in [1.54, 1.807) is 35.0 Å². The van der Waals surface area contributed by atoms with Crippen LogP contribution in [-0.4, -0.2) is 17.6 Å². The lowest BCUT2D eigenvalue weighted by Gasteiger charge is -2.11. The number of hydrogen-bond acceptors (Lipinski definition) is 3. The highest BCUT2D eigenvalue weighted by molar-refractivity contribution is 6.03. The fourth-order valence-electron chi connectivity index (χ4n) is 2.51. The van der Waals surface area contributed by atoms with E-state index < -0.39 is 5.97 Å². The average molecular weight is 293 g/mol. The quantitative estimate of drug-likeness (QED) is 0.698. The number of esters is 1. The molecule has 2 aromatic carbocycles. The van der Waals surface area contributed by atoms with E-state index in [2.05, 4.69) is 0 Å². The van der Waals surface area contributed by atoms with Crippen LogP contribution >= 0.6 is 0 Å². The maximum absolute atomic E-state index is 12.6. The third kappa shape index (κ3) is 2.51. The van der Waals surface area contributed by atoms with Crippen molar-refractivity contribution in [2.45, 2.75) is 6.54 Å². The summed E-state index contributed by atoms with van der Waals surface area (Å²) < 4.78 is 6.38. The summed E-state index contributed by atoms with van der Waals surface area (Å²) in [5, 5.41) is 1.13. The zero-order valence-electron chi connectivity index (χ0n) is 12.2. The van der Waals surface area contributed by atoms with Gasteiger partial charge in [0.05, 0.1) is 19.2 Å². The molecule has 3 rings (SSSR count). The highest BCUT2D eigenvalue weighted by Crippen LogP contribution is 2.17. The second-order valence-corrected chi connectivity index (χ2v) is 5.00. The first-order chi connectivity index (χ1) is 10.7. The molecule has 0 spiro atoms. The standard InChI is InChI=1S/C18H15NO3/c1-22-18(21)16-12-19(11-13-7-3-2-4-8-13)17(20)15-10-6-5-9-14(15)16/h2-10,12H,11H2,1H3. The number of carbonyl (C=O) groups excluding carboxylic acids is 1. The Hall–Kier alpha value is -2.88. The van der Waals surface area contributed by atoms with Crippen LogP contribution < -0.4 is 5.56 Å². The minimum atomic E-state index is -0.446. The van der Waals surface area contributed by atoms with Crippen molar-refractivity contribution in [1.82, 2.24) is 4.57 Å². The Morgan fingerprint density at radius 1 is 1.00 bits per heavy atom. The molecule has 0 N–H and O–H groups in total. The van der Waals surface area contributed by atoms with Gasteiger partial charge in [-0.05, 0) is 11.6 Å². The molecule has 0 saturated heterocycles. The summed E-state index contributed by atoms with van der Waals surface area (Å²) in [5.41, 5.74) is 1.27. The van der Waals surface area contributed by atoms with Gasteiger partial charge in [-0.3, -0.25) is 4.79 Å². The average Bonchev–Trinajstić information content (AvgIpc) is 2.58. The number of fused-ring (bicyclic) bond motifs is 1. The van der Waals surface area contributed by atoms with E-state index in [0.29, 0.717) is 22.9 Å². The SMILES string of the molecule is COC(=O)c1cn(Cc2ccccc2)c(=O)c2ccccc12. The molecule has 4 nitrogen and oxygen atoms in total. The van der Waals surface area contributed by atoms with E-state index in [1.807, 2.05) is 30.3 Å². The second-order valence-electron chi connectivity index (χ2n) is 5.00. The van der Waals surface area contributed by atoms with Crippen LogP contribution in [0, 0.1) is 0 Å². The molecule has 22 heavy (non-hydrogen) atoms. The monoisotopic (exact) mass is 293 g/mol. The number of nitrogens with zero attached hydrogens (tertiary/aromatic N) is 1. The normalized spacial score (nSPS) is 10.6. The van der Waals surface area contributed by atoms with E-state index in [-0.39, 0.29) is 5.56 Å². The van der Waals surface area contributed by atoms with E-state index in [0.717, 1.165) is 5.56 Å². The Bertz CT molecular complexity index is 882. The predicted molar refractivity (Wildman–Crippen MR) is 85.1 cm³/mol. The van der Waals surface area contributed by atoms with Crippen LogP contribution in [0.25, 0.3) is 10.8 Å². The minimum Gasteiger partial charge on any atom is -0.465 e. The van der Waals surface area contributed by atoms with E-state index >= 15 is 0 Å². The number of carbonyl (C=O) groups is 1. The summed E-state index contributed by atoms with van der Waals surface area (Å²) in [6.07, 6.45) is 1.57. The van der Waals surface area contributed by atoms with Gasteiger partial charge in [0, 0.05) is 17.0 Å². The summed E-state index contributed by atoms with van der Waals surface area (Å²) >= 11 is 0. The van der Waals surface area contributed by atoms with Crippen molar-refractivity contribution in [1.29, 1.82) is 0 Å². The molecule has 0 unspecified atom stereocenters. The Kier molecular flexibility index (Phi) is 3.74. The van der Waals surface area contributed by atoms with E-state index in [1.165, 1.54) is 7.11 Å². The first-order valence-electron chi connectivity index (χ1n) is 6.95. The molecule has 0 aliphatic carbocycles. The summed E-state index contributed by atoms with van der Waals surface area (Å²) in [5.74, 6) is -0.446. The molecule has 0 atom stereocenters. The summed E-state index contributed by atoms with van der Waals surface area (Å²) in [6, 6.07) is 16.7. The second kappa shape index (κ2) is 5.85. The van der Waals surface area contributed by atoms with Crippen molar-refractivity contribution in [3.05, 3.63) is 82.3 Å². The minimum absolute atomic E-state index is 0.118. The van der Waals surface area contributed by atoms with Gasteiger partial charge in [-0.15, -0.1) is 0 Å². The smallest absolute Gasteiger partial charge is 0.339 e. The lowest BCUT2D eigenvalue weighted by atomic mass is 10.1. The van der Waals surface area contributed by atoms with Gasteiger partial charge in [-0.25, -0.2) is 4.79 Å². The Morgan fingerprint density at radius 2 is 1.64 bits per heavy atom. The maximum Gasteiger partial charge on any atom is 0.339 e. The highest BCUT2D eigenvalue weighted by Gasteiger charge is 2.14. The number of hydrogen-bond donors (Lipinski definition) is 0. The van der Waals surface area contributed by atoms with E-state index in [4.69, 9.17) is 4.74 Å². The molecular formula is C18H15NO3. The summed E-state index contributed by atoms with van der Waals surface area (Å²) in [4.78, 5) is 24.6. The molecule has 0 aliphatic rings. The van der Waals surface area contributed by atoms with Crippen molar-refractivity contribution in [3.63, 3.8) is 0 Å². The van der Waals surface area contributed by atoms with Gasteiger partial charge in [0.25, 0.3) is 5.56 Å². The number of aromatic nitrogens is 1. The largest absolute Gasteiger partial charge is 0.465 e. The van der Waals surface area contributed by atoms with Crippen LogP contribution in [0.15, 0.2) is 65.6 Å². The van der Waals surface area contributed by atoms with Gasteiger partial charge in [0.2, 0.25) is 0 Å². The molecule has 0 fully saturated rings. The van der Waals surface area contributed by atoms with Gasteiger partial charge in [-0.1, -0.05) is 48.5 Å². The summed E-state index contributed by atoms with van der Waals surface area (Å²) in [7, 11) is 1.34. The van der Waals surface area contributed by atoms with Gasteiger partial charge < -0.3 is 9.30 Å². The molecule has 0 aliphatic heterocycles. The number of methoxy groups -OCH3 is 1. The van der Waals surface area contributed by atoms with Crippen LogP contribution in [0.3, 0.4) is 0 Å². The topological polar surface area (TPSA) is 48.3 Å². The number of rotatable bonds is 3. The zero-order valence-corrected chi connectivity index (χ0v) is 12.2. The molecule has 0 amide bonds. The molecule has 0 saturated carbocycles. The van der Waals surface area contributed by atoms with Crippen LogP contribution in [0.5, 0.6) is 0 Å². The van der Waals surface area contributed by atoms with Gasteiger partial charge in [-0.2, -0.15) is 0 Å². The highest BCUT2D eigenvalue weighted by atomic mass is 16.5. The Morgan fingerprint density at radius 3 is 2.32 bits per heavy atom. The van der Waals surface area contributed by atoms with Gasteiger partial charge >= 0.3 is 5.97 Å². The molecule has 1 aromatic heterocycles. The maximum atomic E-state index is 12.6. The van der Waals surface area contributed by atoms with Crippen LogP contribution in [0.4, 0.5) is 0 Å². The first-order valence-corrected chi connectivity index (χ1v) is 6.95. The molecule has 3 aromatic rings. The molecule has 110 valence electrons. The third-order valence-corrected chi connectivity index (χ3v) is 3.59. The lowest BCUT2D eigenvalue weighted by Crippen LogP contribution is -2.22. The van der Waals surface area contributed by atoms with Crippen molar-refractivity contribution >= 4 is 16.7 Å². The molecular weight excluding hydrogens is 278 g/mol. The van der Waals surface area contributed by atoms with Crippen LogP contribution in [0.1, 0.15) is 15.9 Å². The van der Waals surface area contributed by atoms with Crippen molar-refractivity contribution in [2.75, 3.05) is 7.11 Å². The zero-order chi connectivity index (χ0) is 15.5. The van der Waals surface area contributed by atoms with Crippen LogP contribution in [0.2, 0.25) is 0 Å². The summed E-state index contributed by atoms with van der Waals surface area (Å²) in [6.45, 7) is 0.411. The fraction of sp³-hybridized carbons (Fsp3) is 0.111. The van der Waals surface area contributed by atoms with Crippen molar-refractivity contribution in [3.8, 4) is 0 Å². The molecule has 0 bridgehead atoms. The Labute approximate surface area is 127 Å². The third-order valence-electron chi connectivity index (χ3n) is 3.59. The van der Waals surface area contributed by atoms with Crippen molar-refractivity contribution in [2.24, 2.45) is 0 Å². The number of ether oxygens (including phenoxy) is 1. The molecule has 1 heterocycles. The molecule has 4 heteroatoms. The van der Waals surface area contributed by atoms with Gasteiger partial charge in [0.1, 0.15) is 0 Å². The van der Waals surface area contributed by atoms with Crippen molar-refractivity contribution < 1.29 is 9.53 Å². The fourth-order valence-corrected chi connectivity index (χ4v) is 2.51. The van der Waals surface area contributed by atoms with Crippen LogP contribution in [-0.2, 0) is 11.3 Å². The first kappa shape index (κ1) is 14.1.